The lowest BCUT2D eigenvalue weighted by Crippen LogP contribution is -2.26. The molecule has 2 aromatic rings. The van der Waals surface area contributed by atoms with Crippen molar-refractivity contribution in [2.24, 2.45) is 0 Å². The van der Waals surface area contributed by atoms with E-state index in [9.17, 15) is 17.2 Å². The van der Waals surface area contributed by atoms with Crippen molar-refractivity contribution < 1.29 is 21.6 Å². The highest BCUT2D eigenvalue weighted by molar-refractivity contribution is 7.89. The topological polar surface area (TPSA) is 59.3 Å². The number of sulfonamides is 1. The Morgan fingerprint density at radius 1 is 1.21 bits per heavy atom. The van der Waals surface area contributed by atoms with Crippen LogP contribution in [-0.4, -0.2) is 8.42 Å². The van der Waals surface area contributed by atoms with Crippen LogP contribution < -0.4 is 4.72 Å². The van der Waals surface area contributed by atoms with Crippen LogP contribution in [0.5, 0.6) is 0 Å². The quantitative estimate of drug-likeness (QED) is 0.940. The molecule has 1 atom stereocenters. The van der Waals surface area contributed by atoms with E-state index in [1.54, 1.807) is 19.1 Å². The first-order valence-corrected chi connectivity index (χ1v) is 6.88. The molecule has 0 saturated heterocycles. The van der Waals surface area contributed by atoms with Crippen molar-refractivity contribution in [2.45, 2.75) is 17.9 Å². The summed E-state index contributed by atoms with van der Waals surface area (Å²) >= 11 is 0. The van der Waals surface area contributed by atoms with E-state index in [-0.39, 0.29) is 0 Å². The molecule has 0 radical (unpaired) electrons. The molecule has 0 aliphatic heterocycles. The number of halogens is 2. The van der Waals surface area contributed by atoms with Gasteiger partial charge in [0.05, 0.1) is 17.2 Å². The van der Waals surface area contributed by atoms with Crippen LogP contribution in [0.15, 0.2) is 45.9 Å². The average Bonchev–Trinajstić information content (AvgIpc) is 2.80. The van der Waals surface area contributed by atoms with E-state index in [1.807, 2.05) is 0 Å². The number of furan rings is 1. The normalized spacial score (nSPS) is 13.4. The van der Waals surface area contributed by atoms with Gasteiger partial charge in [-0.15, -0.1) is 0 Å². The molecule has 102 valence electrons. The highest BCUT2D eigenvalue weighted by Gasteiger charge is 2.21. The van der Waals surface area contributed by atoms with Crippen LogP contribution in [0, 0.1) is 11.6 Å². The van der Waals surface area contributed by atoms with E-state index in [0.29, 0.717) is 11.8 Å². The van der Waals surface area contributed by atoms with Crippen molar-refractivity contribution in [3.63, 3.8) is 0 Å². The van der Waals surface area contributed by atoms with Gasteiger partial charge in [-0.25, -0.2) is 21.9 Å². The third-order valence-electron chi connectivity index (χ3n) is 2.45. The second-order valence-corrected chi connectivity index (χ2v) is 5.68. The van der Waals surface area contributed by atoms with Crippen LogP contribution in [0.3, 0.4) is 0 Å². The van der Waals surface area contributed by atoms with Crippen LogP contribution >= 0.6 is 0 Å². The van der Waals surface area contributed by atoms with Gasteiger partial charge >= 0.3 is 0 Å². The minimum atomic E-state index is -4.02. The molecule has 0 aliphatic rings. The smallest absolute Gasteiger partial charge is 0.241 e. The molecule has 1 unspecified atom stereocenters. The molecule has 4 nitrogen and oxygen atoms in total. The lowest BCUT2D eigenvalue weighted by atomic mass is 10.3. The fourth-order valence-corrected chi connectivity index (χ4v) is 2.83. The molecule has 0 spiro atoms. The minimum absolute atomic E-state index is 0.403. The van der Waals surface area contributed by atoms with Gasteiger partial charge in [0, 0.05) is 6.07 Å². The first-order chi connectivity index (χ1) is 8.88. The summed E-state index contributed by atoms with van der Waals surface area (Å²) in [6, 6.07) is 4.67. The average molecular weight is 287 g/mol. The predicted molar refractivity (Wildman–Crippen MR) is 63.8 cm³/mol. The van der Waals surface area contributed by atoms with Crippen LogP contribution in [0.4, 0.5) is 8.78 Å². The van der Waals surface area contributed by atoms with Crippen LogP contribution in [-0.2, 0) is 10.0 Å². The molecule has 1 aromatic carbocycles. The minimum Gasteiger partial charge on any atom is -0.468 e. The fourth-order valence-electron chi connectivity index (χ4n) is 1.58. The largest absolute Gasteiger partial charge is 0.468 e. The number of benzene rings is 1. The second-order valence-electron chi connectivity index (χ2n) is 3.96. The molecule has 0 bridgehead atoms. The van der Waals surface area contributed by atoms with Crippen molar-refractivity contribution >= 4 is 10.0 Å². The van der Waals surface area contributed by atoms with E-state index in [4.69, 9.17) is 4.42 Å². The fraction of sp³-hybridized carbons (Fsp3) is 0.167. The van der Waals surface area contributed by atoms with E-state index in [1.165, 1.54) is 6.26 Å². The summed E-state index contributed by atoms with van der Waals surface area (Å²) in [5.41, 5.74) is 0. The first-order valence-electron chi connectivity index (χ1n) is 5.40. The van der Waals surface area contributed by atoms with E-state index in [0.717, 1.165) is 12.1 Å². The van der Waals surface area contributed by atoms with Crippen molar-refractivity contribution in [3.05, 3.63) is 54.0 Å². The van der Waals surface area contributed by atoms with Crippen molar-refractivity contribution in [3.8, 4) is 0 Å². The molecule has 0 saturated carbocycles. The van der Waals surface area contributed by atoms with Crippen molar-refractivity contribution in [1.29, 1.82) is 0 Å². The highest BCUT2D eigenvalue weighted by atomic mass is 32.2. The molecule has 1 heterocycles. The van der Waals surface area contributed by atoms with Gasteiger partial charge in [-0.1, -0.05) is 0 Å². The summed E-state index contributed by atoms with van der Waals surface area (Å²) in [6.45, 7) is 1.56. The molecule has 2 rings (SSSR count). The van der Waals surface area contributed by atoms with Gasteiger partial charge in [0.1, 0.15) is 17.4 Å². The molecule has 0 aliphatic carbocycles. The molecule has 0 fully saturated rings. The highest BCUT2D eigenvalue weighted by Crippen LogP contribution is 2.18. The zero-order valence-corrected chi connectivity index (χ0v) is 10.7. The molecule has 7 heteroatoms. The van der Waals surface area contributed by atoms with Gasteiger partial charge in [-0.3, -0.25) is 0 Å². The maximum absolute atomic E-state index is 13.0. The Bertz CT molecular complexity index is 648. The van der Waals surface area contributed by atoms with Gasteiger partial charge in [-0.05, 0) is 31.2 Å². The zero-order valence-electron chi connectivity index (χ0n) is 9.93. The van der Waals surface area contributed by atoms with E-state index < -0.39 is 32.6 Å². The standard InChI is InChI=1S/C12H11F2NO3S/c1-8(12-3-2-4-18-12)15-19(16,17)11-6-9(13)5-10(14)7-11/h2-8,15H,1H3. The number of hydrogen-bond acceptors (Lipinski definition) is 3. The summed E-state index contributed by atoms with van der Waals surface area (Å²) in [5, 5.41) is 0. The van der Waals surface area contributed by atoms with Crippen LogP contribution in [0.25, 0.3) is 0 Å². The van der Waals surface area contributed by atoms with Crippen molar-refractivity contribution in [2.75, 3.05) is 0 Å². The second kappa shape index (κ2) is 5.10. The first kappa shape index (κ1) is 13.7. The predicted octanol–water partition coefficient (Wildman–Crippen LogP) is 2.60. The van der Waals surface area contributed by atoms with Crippen LogP contribution in [0.2, 0.25) is 0 Å². The summed E-state index contributed by atoms with van der Waals surface area (Å²) in [5.74, 6) is -1.50. The summed E-state index contributed by atoms with van der Waals surface area (Å²) in [6.07, 6.45) is 1.40. The Balaban J connectivity index is 2.27. The number of rotatable bonds is 4. The van der Waals surface area contributed by atoms with Crippen molar-refractivity contribution in [1.82, 2.24) is 4.72 Å². The van der Waals surface area contributed by atoms with Gasteiger partial charge in [-0.2, -0.15) is 0 Å². The third kappa shape index (κ3) is 3.18. The molecular weight excluding hydrogens is 276 g/mol. The molecule has 1 N–H and O–H groups in total. The van der Waals surface area contributed by atoms with Gasteiger partial charge in [0.15, 0.2) is 0 Å². The Labute approximate surface area is 109 Å². The molecule has 0 amide bonds. The van der Waals surface area contributed by atoms with Gasteiger partial charge in [0.2, 0.25) is 10.0 Å². The summed E-state index contributed by atoms with van der Waals surface area (Å²) in [4.78, 5) is -0.469. The monoisotopic (exact) mass is 287 g/mol. The number of hydrogen-bond donors (Lipinski definition) is 1. The number of nitrogens with one attached hydrogen (secondary N) is 1. The third-order valence-corrected chi connectivity index (χ3v) is 3.97. The van der Waals surface area contributed by atoms with Gasteiger partial charge in [0.25, 0.3) is 0 Å². The van der Waals surface area contributed by atoms with E-state index >= 15 is 0 Å². The molecular formula is C12H11F2NO3S. The summed E-state index contributed by atoms with van der Waals surface area (Å²) < 4.78 is 57.3. The summed E-state index contributed by atoms with van der Waals surface area (Å²) in [7, 11) is -4.02. The lowest BCUT2D eigenvalue weighted by molar-refractivity contribution is 0.459. The Morgan fingerprint density at radius 2 is 1.84 bits per heavy atom. The van der Waals surface area contributed by atoms with E-state index in [2.05, 4.69) is 4.72 Å². The maximum Gasteiger partial charge on any atom is 0.241 e. The van der Waals surface area contributed by atoms with Crippen LogP contribution in [0.1, 0.15) is 18.7 Å². The Kier molecular flexibility index (Phi) is 3.68. The Morgan fingerprint density at radius 3 is 2.37 bits per heavy atom. The maximum atomic E-state index is 13.0. The Hall–Kier alpha value is -1.73. The molecule has 1 aromatic heterocycles. The van der Waals surface area contributed by atoms with Gasteiger partial charge < -0.3 is 4.42 Å². The lowest BCUT2D eigenvalue weighted by Gasteiger charge is -2.12. The SMILES string of the molecule is CC(NS(=O)(=O)c1cc(F)cc(F)c1)c1ccco1. The zero-order chi connectivity index (χ0) is 14.0. The molecule has 19 heavy (non-hydrogen) atoms.